The topological polar surface area (TPSA) is 0 Å². The molecule has 0 nitrogen and oxygen atoms in total. The molecule has 0 spiro atoms. The first kappa shape index (κ1) is 57.0. The normalized spacial score (nSPS) is 11.1. The van der Waals surface area contributed by atoms with Crippen LogP contribution in [0.15, 0.2) is 0 Å². The fraction of sp³-hybridized carbons (Fsp3) is 1.00. The van der Waals surface area contributed by atoms with Crippen molar-refractivity contribution >= 4 is 21.8 Å². The molecule has 42 heavy (non-hydrogen) atoms. The van der Waals surface area contributed by atoms with Gasteiger partial charge in [-0.15, -0.1) is 0 Å². The van der Waals surface area contributed by atoms with Gasteiger partial charge in [0.15, 0.2) is 0 Å². The first-order chi connectivity index (χ1) is 18.7. The minimum atomic E-state index is -0.496. The van der Waals surface area contributed by atoms with E-state index in [4.69, 9.17) is 0 Å². The third-order valence-corrected chi connectivity index (χ3v) is 25.1. The van der Waals surface area contributed by atoms with Crippen molar-refractivity contribution in [2.75, 3.05) is 73.9 Å². The van der Waals surface area contributed by atoms with Crippen LogP contribution >= 0.6 is 21.8 Å². The molecule has 0 heterocycles. The zero-order valence-corrected chi connectivity index (χ0v) is 38.9. The summed E-state index contributed by atoms with van der Waals surface area (Å²) in [6.07, 6.45) is 35.6. The summed E-state index contributed by atoms with van der Waals surface area (Å²) >= 11 is 0. The fourth-order valence-corrected chi connectivity index (χ4v) is 23.1. The molecule has 6 heteroatoms. The molecule has 0 aliphatic carbocycles. The summed E-state index contributed by atoms with van der Waals surface area (Å²) in [4.78, 5) is 0. The number of hydrogen-bond acceptors (Lipinski definition) is 0. The average Bonchev–Trinajstić information content (AvgIpc) is 2.87. The van der Waals surface area contributed by atoms with Crippen molar-refractivity contribution in [2.24, 2.45) is 0 Å². The van der Waals surface area contributed by atoms with Crippen LogP contribution in [0.25, 0.3) is 0 Å². The van der Waals surface area contributed by atoms with Gasteiger partial charge in [0.2, 0.25) is 0 Å². The Labute approximate surface area is 304 Å². The smallest absolute Gasteiger partial charge is 0.0591 e. The molecular weight excluding hydrogens is 765 g/mol. The van der Waals surface area contributed by atoms with Gasteiger partial charge in [-0.25, -0.2) is 0 Å². The molecule has 0 rings (SSSR count). The SMILES string of the molecule is CCC[P+](CCC)(CCC)CCC.CCC[P+](CCC)(CCC)CCC.CCC[P+](CCC)(CCC)CCC.[Br-].[Br-].[Br-]. The van der Waals surface area contributed by atoms with E-state index >= 15 is 0 Å². The van der Waals surface area contributed by atoms with E-state index in [0.717, 1.165) is 0 Å². The van der Waals surface area contributed by atoms with Crippen LogP contribution in [0.5, 0.6) is 0 Å². The van der Waals surface area contributed by atoms with Crippen molar-refractivity contribution in [1.29, 1.82) is 0 Å². The van der Waals surface area contributed by atoms with Gasteiger partial charge >= 0.3 is 0 Å². The molecule has 0 unspecified atom stereocenters. The summed E-state index contributed by atoms with van der Waals surface area (Å²) in [5.41, 5.74) is 0. The Morgan fingerprint density at radius 3 is 0.310 bits per heavy atom. The molecule has 264 valence electrons. The maximum atomic E-state index is 2.36. The molecule has 0 bridgehead atoms. The Morgan fingerprint density at radius 1 is 0.190 bits per heavy atom. The van der Waals surface area contributed by atoms with Gasteiger partial charge < -0.3 is 50.9 Å². The Balaban J connectivity index is -0.000000112. The summed E-state index contributed by atoms with van der Waals surface area (Å²) in [6.45, 7) is 28.3. The lowest BCUT2D eigenvalue weighted by atomic mass is 10.5. The van der Waals surface area contributed by atoms with Crippen molar-refractivity contribution in [2.45, 2.75) is 160 Å². The molecule has 0 saturated heterocycles. The molecule has 0 radical (unpaired) electrons. The molecule has 0 fully saturated rings. The third kappa shape index (κ3) is 28.9. The van der Waals surface area contributed by atoms with Crippen LogP contribution in [0.3, 0.4) is 0 Å². The predicted octanol–water partition coefficient (Wildman–Crippen LogP) is 4.94. The average molecular weight is 850 g/mol. The quantitative estimate of drug-likeness (QED) is 0.121. The Bertz CT molecular complexity index is 323. The van der Waals surface area contributed by atoms with Crippen LogP contribution in [-0.4, -0.2) is 73.9 Å². The monoisotopic (exact) mass is 846 g/mol. The van der Waals surface area contributed by atoms with E-state index in [1.54, 1.807) is 73.9 Å². The lowest BCUT2D eigenvalue weighted by Gasteiger charge is -2.26. The highest BCUT2D eigenvalue weighted by atomic mass is 79.9. The van der Waals surface area contributed by atoms with Gasteiger partial charge in [-0.05, 0) is 77.0 Å². The highest BCUT2D eigenvalue weighted by Gasteiger charge is 2.34. The van der Waals surface area contributed by atoms with Crippen molar-refractivity contribution in [3.63, 3.8) is 0 Å². The van der Waals surface area contributed by atoms with Gasteiger partial charge in [-0.1, -0.05) is 83.1 Å². The lowest BCUT2D eigenvalue weighted by molar-refractivity contribution is -0.00100. The van der Waals surface area contributed by atoms with Gasteiger partial charge in [0.05, 0.1) is 73.9 Å². The van der Waals surface area contributed by atoms with Crippen LogP contribution < -0.4 is 50.9 Å². The minimum Gasteiger partial charge on any atom is -1.00 e. The molecular formula is C36H84Br3P3. The third-order valence-electron chi connectivity index (χ3n) is 8.38. The number of halogens is 3. The second-order valence-electron chi connectivity index (χ2n) is 12.7. The number of hydrogen-bond donors (Lipinski definition) is 0. The van der Waals surface area contributed by atoms with Crippen LogP contribution in [0.4, 0.5) is 0 Å². The van der Waals surface area contributed by atoms with Crippen molar-refractivity contribution in [1.82, 2.24) is 0 Å². The summed E-state index contributed by atoms with van der Waals surface area (Å²) in [5.74, 6) is 0. The number of rotatable bonds is 24. The van der Waals surface area contributed by atoms with Gasteiger partial charge in [0.25, 0.3) is 0 Å². The lowest BCUT2D eigenvalue weighted by Crippen LogP contribution is -3.00. The van der Waals surface area contributed by atoms with Gasteiger partial charge in [0.1, 0.15) is 0 Å². The van der Waals surface area contributed by atoms with Crippen LogP contribution in [0.2, 0.25) is 0 Å². The van der Waals surface area contributed by atoms with Gasteiger partial charge in [-0.3, -0.25) is 0 Å². The first-order valence-electron chi connectivity index (χ1n) is 18.3. The standard InChI is InChI=1S/3C12H28P.3BrH/c3*1-5-9-13(10-6-2,11-7-3)12-8-4;;;/h3*5-12H2,1-4H3;3*1H/q3*+1;;;/p-3. The second kappa shape index (κ2) is 39.9. The zero-order valence-electron chi connectivity index (χ0n) is 31.4. The highest BCUT2D eigenvalue weighted by Crippen LogP contribution is 2.61. The largest absolute Gasteiger partial charge is 1.00 e. The molecule has 0 saturated carbocycles. The maximum absolute atomic E-state index is 2.36. The molecule has 0 aliphatic rings. The zero-order chi connectivity index (χ0) is 30.5. The van der Waals surface area contributed by atoms with Crippen LogP contribution in [-0.2, 0) is 0 Å². The van der Waals surface area contributed by atoms with Gasteiger partial charge in [0, 0.05) is 21.8 Å². The molecule has 0 aromatic rings. The second-order valence-corrected chi connectivity index (χ2v) is 26.1. The predicted molar refractivity (Wildman–Crippen MR) is 203 cm³/mol. The Hall–Kier alpha value is 2.73. The Kier molecular flexibility index (Phi) is 54.2. The van der Waals surface area contributed by atoms with Gasteiger partial charge in [-0.2, -0.15) is 0 Å². The van der Waals surface area contributed by atoms with E-state index in [0.29, 0.717) is 0 Å². The molecule has 0 atom stereocenters. The van der Waals surface area contributed by atoms with Crippen molar-refractivity contribution < 1.29 is 50.9 Å². The Morgan fingerprint density at radius 2 is 0.262 bits per heavy atom. The van der Waals surface area contributed by atoms with Crippen molar-refractivity contribution in [3.05, 3.63) is 0 Å². The first-order valence-corrected chi connectivity index (χ1v) is 25.9. The molecule has 0 N–H and O–H groups in total. The highest BCUT2D eigenvalue weighted by molar-refractivity contribution is 7.76. The minimum absolute atomic E-state index is 0. The molecule has 0 aromatic carbocycles. The summed E-state index contributed by atoms with van der Waals surface area (Å²) in [5, 5.41) is 0. The molecule has 0 aromatic heterocycles. The molecule has 0 aliphatic heterocycles. The summed E-state index contributed by atoms with van der Waals surface area (Å²) < 4.78 is 0. The van der Waals surface area contributed by atoms with Crippen LogP contribution in [0.1, 0.15) is 160 Å². The summed E-state index contributed by atoms with van der Waals surface area (Å²) in [6, 6.07) is 0. The van der Waals surface area contributed by atoms with E-state index in [2.05, 4.69) is 83.1 Å². The van der Waals surface area contributed by atoms with E-state index < -0.39 is 21.8 Å². The fourth-order valence-electron chi connectivity index (χ4n) is 7.70. The van der Waals surface area contributed by atoms with E-state index in [1.807, 2.05) is 0 Å². The maximum Gasteiger partial charge on any atom is 0.0591 e. The van der Waals surface area contributed by atoms with E-state index in [1.165, 1.54) is 77.0 Å². The van der Waals surface area contributed by atoms with E-state index in [-0.39, 0.29) is 50.9 Å². The van der Waals surface area contributed by atoms with E-state index in [9.17, 15) is 0 Å². The molecule has 0 amide bonds. The van der Waals surface area contributed by atoms with Crippen LogP contribution in [0, 0.1) is 0 Å². The summed E-state index contributed by atoms with van der Waals surface area (Å²) in [7, 11) is -1.49. The van der Waals surface area contributed by atoms with Crippen molar-refractivity contribution in [3.8, 4) is 0 Å².